The van der Waals surface area contributed by atoms with Crippen LogP contribution in [0.5, 0.6) is 0 Å². The third kappa shape index (κ3) is 2.76. The van der Waals surface area contributed by atoms with E-state index in [1.165, 1.54) is 11.5 Å². The number of rotatable bonds is 6. The van der Waals surface area contributed by atoms with E-state index in [0.29, 0.717) is 0 Å². The van der Waals surface area contributed by atoms with Gasteiger partial charge in [-0.1, -0.05) is 24.8 Å². The molecular weight excluding hydrogens is 246 g/mol. The number of nitrogens with two attached hydrogens (primary N) is 1. The zero-order valence-corrected chi connectivity index (χ0v) is 11.7. The topological polar surface area (TPSA) is 69.6 Å². The highest BCUT2D eigenvalue weighted by Gasteiger charge is 2.18. The summed E-state index contributed by atoms with van der Waals surface area (Å²) in [6.07, 6.45) is 6.92. The fraction of sp³-hybridized carbons (Fsp3) is 0.583. The predicted molar refractivity (Wildman–Crippen MR) is 72.5 cm³/mol. The van der Waals surface area contributed by atoms with Gasteiger partial charge >= 0.3 is 0 Å². The first kappa shape index (κ1) is 13.2. The van der Waals surface area contributed by atoms with Crippen LogP contribution in [0.3, 0.4) is 0 Å². The van der Waals surface area contributed by atoms with E-state index in [1.54, 1.807) is 0 Å². The summed E-state index contributed by atoms with van der Waals surface area (Å²) in [7, 11) is 0. The van der Waals surface area contributed by atoms with Crippen molar-refractivity contribution in [2.24, 2.45) is 5.73 Å². The van der Waals surface area contributed by atoms with Gasteiger partial charge in [-0.15, -0.1) is 5.10 Å². The molecule has 6 heteroatoms. The summed E-state index contributed by atoms with van der Waals surface area (Å²) >= 11 is 1.39. The molecule has 0 saturated carbocycles. The van der Waals surface area contributed by atoms with Crippen LogP contribution in [0.15, 0.2) is 12.4 Å². The number of aromatic nitrogens is 4. The Balaban J connectivity index is 2.18. The van der Waals surface area contributed by atoms with Crippen molar-refractivity contribution in [2.75, 3.05) is 0 Å². The van der Waals surface area contributed by atoms with Crippen LogP contribution in [0.4, 0.5) is 0 Å². The minimum absolute atomic E-state index is 0.155. The molecule has 0 aliphatic rings. The van der Waals surface area contributed by atoms with E-state index in [4.69, 9.17) is 5.73 Å². The van der Waals surface area contributed by atoms with Crippen molar-refractivity contribution in [3.8, 4) is 0 Å². The molecule has 0 saturated heterocycles. The molecule has 0 amide bonds. The molecule has 18 heavy (non-hydrogen) atoms. The van der Waals surface area contributed by atoms with Crippen LogP contribution < -0.4 is 5.73 Å². The third-order valence-electron chi connectivity index (χ3n) is 2.82. The van der Waals surface area contributed by atoms with E-state index in [2.05, 4.69) is 28.5 Å². The molecule has 2 rings (SSSR count). The van der Waals surface area contributed by atoms with E-state index in [1.807, 2.05) is 17.1 Å². The van der Waals surface area contributed by atoms with Crippen LogP contribution in [0.2, 0.25) is 0 Å². The average molecular weight is 265 g/mol. The number of hydrogen-bond acceptors (Lipinski definition) is 5. The van der Waals surface area contributed by atoms with Crippen LogP contribution in [0, 0.1) is 0 Å². The minimum atomic E-state index is -0.155. The molecule has 5 nitrogen and oxygen atoms in total. The van der Waals surface area contributed by atoms with Crippen LogP contribution >= 0.6 is 11.5 Å². The van der Waals surface area contributed by atoms with Gasteiger partial charge in [0, 0.05) is 18.3 Å². The van der Waals surface area contributed by atoms with E-state index in [9.17, 15) is 0 Å². The zero-order chi connectivity index (χ0) is 13.0. The highest BCUT2D eigenvalue weighted by Crippen LogP contribution is 2.25. The fourth-order valence-electron chi connectivity index (χ4n) is 1.90. The lowest BCUT2D eigenvalue weighted by Crippen LogP contribution is -2.11. The summed E-state index contributed by atoms with van der Waals surface area (Å²) in [6, 6.07) is -0.155. The predicted octanol–water partition coefficient (Wildman–Crippen LogP) is 2.15. The Kier molecular flexibility index (Phi) is 4.43. The molecule has 0 aliphatic heterocycles. The maximum atomic E-state index is 6.28. The Hall–Kier alpha value is -1.27. The van der Waals surface area contributed by atoms with E-state index < -0.39 is 0 Å². The van der Waals surface area contributed by atoms with Crippen LogP contribution in [0.1, 0.15) is 48.9 Å². The lowest BCUT2D eigenvalue weighted by Gasteiger charge is -2.07. The monoisotopic (exact) mass is 265 g/mol. The molecule has 98 valence electrons. The van der Waals surface area contributed by atoms with Gasteiger partial charge in [0.15, 0.2) is 0 Å². The Morgan fingerprint density at radius 1 is 1.39 bits per heavy atom. The molecule has 1 atom stereocenters. The molecule has 2 N–H and O–H groups in total. The molecule has 0 aromatic carbocycles. The zero-order valence-electron chi connectivity index (χ0n) is 10.8. The van der Waals surface area contributed by atoms with Crippen LogP contribution in [-0.2, 0) is 13.0 Å². The summed E-state index contributed by atoms with van der Waals surface area (Å²) in [5.74, 6) is 0. The van der Waals surface area contributed by atoms with Crippen LogP contribution in [0.25, 0.3) is 0 Å². The normalized spacial score (nSPS) is 12.8. The van der Waals surface area contributed by atoms with Crippen LogP contribution in [-0.4, -0.2) is 19.4 Å². The van der Waals surface area contributed by atoms with Gasteiger partial charge in [0.05, 0.1) is 22.8 Å². The molecule has 0 radical (unpaired) electrons. The fourth-order valence-corrected chi connectivity index (χ4v) is 2.63. The second-order valence-electron chi connectivity index (χ2n) is 4.35. The van der Waals surface area contributed by atoms with Gasteiger partial charge in [0.1, 0.15) is 0 Å². The maximum Gasteiger partial charge on any atom is 0.0807 e. The van der Waals surface area contributed by atoms with E-state index in [-0.39, 0.29) is 6.04 Å². The minimum Gasteiger partial charge on any atom is -0.319 e. The summed E-state index contributed by atoms with van der Waals surface area (Å²) in [5, 5.41) is 8.47. The van der Waals surface area contributed by atoms with Crippen molar-refractivity contribution in [3.63, 3.8) is 0 Å². The molecule has 0 aliphatic carbocycles. The smallest absolute Gasteiger partial charge is 0.0807 e. The maximum absolute atomic E-state index is 6.28. The second kappa shape index (κ2) is 6.06. The Morgan fingerprint density at radius 3 is 2.94 bits per heavy atom. The largest absolute Gasteiger partial charge is 0.319 e. The average Bonchev–Trinajstić information content (AvgIpc) is 2.98. The Bertz CT molecular complexity index is 490. The molecule has 0 fully saturated rings. The van der Waals surface area contributed by atoms with Crippen molar-refractivity contribution in [1.82, 2.24) is 19.4 Å². The first-order chi connectivity index (χ1) is 8.76. The van der Waals surface area contributed by atoms with Crippen molar-refractivity contribution in [3.05, 3.63) is 28.5 Å². The van der Waals surface area contributed by atoms with Gasteiger partial charge in [-0.25, -0.2) is 0 Å². The number of hydrogen-bond donors (Lipinski definition) is 1. The summed E-state index contributed by atoms with van der Waals surface area (Å²) in [4.78, 5) is 1.06. The highest BCUT2D eigenvalue weighted by molar-refractivity contribution is 7.05. The van der Waals surface area contributed by atoms with Gasteiger partial charge in [-0.2, -0.15) is 5.10 Å². The van der Waals surface area contributed by atoms with E-state index >= 15 is 0 Å². The molecule has 0 spiro atoms. The molecule has 2 aromatic rings. The summed E-state index contributed by atoms with van der Waals surface area (Å²) in [5.41, 5.74) is 8.34. The summed E-state index contributed by atoms with van der Waals surface area (Å²) in [6.45, 7) is 5.19. The lowest BCUT2D eigenvalue weighted by atomic mass is 10.1. The Morgan fingerprint density at radius 2 is 2.22 bits per heavy atom. The lowest BCUT2D eigenvalue weighted by molar-refractivity contribution is 0.602. The van der Waals surface area contributed by atoms with Gasteiger partial charge in [-0.05, 0) is 24.4 Å². The van der Waals surface area contributed by atoms with Crippen molar-refractivity contribution in [2.45, 2.75) is 45.7 Å². The third-order valence-corrected chi connectivity index (χ3v) is 3.67. The summed E-state index contributed by atoms with van der Waals surface area (Å²) < 4.78 is 5.95. The highest BCUT2D eigenvalue weighted by atomic mass is 32.1. The quantitative estimate of drug-likeness (QED) is 0.868. The van der Waals surface area contributed by atoms with E-state index in [0.717, 1.165) is 41.9 Å². The van der Waals surface area contributed by atoms with Crippen molar-refractivity contribution in [1.29, 1.82) is 0 Å². The molecule has 2 heterocycles. The molecule has 0 bridgehead atoms. The SMILES string of the molecule is CCCc1nnsc1C(N)c1cnn(CCC)c1. The molecular formula is C12H19N5S. The number of aryl methyl sites for hydroxylation is 2. The van der Waals surface area contributed by atoms with Crippen molar-refractivity contribution >= 4 is 11.5 Å². The molecule has 1 unspecified atom stereocenters. The standard InChI is InChI=1S/C12H19N5S/c1-3-5-10-12(18-16-15-10)11(13)9-7-14-17(8-9)6-4-2/h7-8,11H,3-6,13H2,1-2H3. The van der Waals surface area contributed by atoms with Gasteiger partial charge in [0.2, 0.25) is 0 Å². The molecule has 2 aromatic heterocycles. The van der Waals surface area contributed by atoms with Gasteiger partial charge < -0.3 is 5.73 Å². The first-order valence-electron chi connectivity index (χ1n) is 6.35. The van der Waals surface area contributed by atoms with Crippen molar-refractivity contribution < 1.29 is 0 Å². The van der Waals surface area contributed by atoms with Gasteiger partial charge in [0.25, 0.3) is 0 Å². The first-order valence-corrected chi connectivity index (χ1v) is 7.12. The number of nitrogens with zero attached hydrogens (tertiary/aromatic N) is 4. The van der Waals surface area contributed by atoms with Gasteiger partial charge in [-0.3, -0.25) is 4.68 Å². The Labute approximate surface area is 111 Å². The second-order valence-corrected chi connectivity index (χ2v) is 5.13.